The van der Waals surface area contributed by atoms with Crippen LogP contribution in [0.2, 0.25) is 0 Å². The maximum atomic E-state index is 11.3. The highest BCUT2D eigenvalue weighted by atomic mass is 16.5. The van der Waals surface area contributed by atoms with Gasteiger partial charge in [0.1, 0.15) is 0 Å². The van der Waals surface area contributed by atoms with Crippen LogP contribution < -0.4 is 0 Å². The second-order valence-corrected chi connectivity index (χ2v) is 3.79. The molecule has 0 radical (unpaired) electrons. The van der Waals surface area contributed by atoms with Crippen molar-refractivity contribution in [1.29, 1.82) is 0 Å². The molecule has 0 aliphatic carbocycles. The summed E-state index contributed by atoms with van der Waals surface area (Å²) in [4.78, 5) is 11.3. The largest absolute Gasteiger partial charge is 0.467 e. The number of carbonyl (C=O) groups is 1. The molecule has 0 saturated carbocycles. The second-order valence-electron chi connectivity index (χ2n) is 3.79. The van der Waals surface area contributed by atoms with Crippen LogP contribution in [0.5, 0.6) is 0 Å². The number of methoxy groups -OCH3 is 1. The van der Waals surface area contributed by atoms with Crippen molar-refractivity contribution in [3.63, 3.8) is 0 Å². The van der Waals surface area contributed by atoms with Crippen molar-refractivity contribution in [2.45, 2.75) is 18.6 Å². The Labute approximate surface area is 93.8 Å². The Morgan fingerprint density at radius 1 is 1.56 bits per heavy atom. The molecule has 1 N–H and O–H groups in total. The first kappa shape index (κ1) is 11.1. The number of aliphatic hydroxyl groups excluding tert-OH is 1. The van der Waals surface area contributed by atoms with Gasteiger partial charge in [-0.3, -0.25) is 0 Å². The van der Waals surface area contributed by atoms with Gasteiger partial charge in [0.15, 0.2) is 6.10 Å². The van der Waals surface area contributed by atoms with Crippen molar-refractivity contribution in [3.05, 3.63) is 35.4 Å². The third kappa shape index (κ3) is 1.94. The Hall–Kier alpha value is -1.39. The average molecular weight is 222 g/mol. The predicted octanol–water partition coefficient (Wildman–Crippen LogP) is 0.834. The molecule has 2 atom stereocenters. The summed E-state index contributed by atoms with van der Waals surface area (Å²) < 4.78 is 9.89. The van der Waals surface area contributed by atoms with Gasteiger partial charge < -0.3 is 14.6 Å². The maximum absolute atomic E-state index is 11.3. The van der Waals surface area contributed by atoms with Crippen molar-refractivity contribution < 1.29 is 19.4 Å². The quantitative estimate of drug-likeness (QED) is 0.753. The Kier molecular flexibility index (Phi) is 3.22. The molecule has 16 heavy (non-hydrogen) atoms. The van der Waals surface area contributed by atoms with Crippen molar-refractivity contribution in [2.75, 3.05) is 13.7 Å². The molecule has 0 amide bonds. The van der Waals surface area contributed by atoms with E-state index in [1.165, 1.54) is 7.11 Å². The summed E-state index contributed by atoms with van der Waals surface area (Å²) in [5.41, 5.74) is 1.98. The first-order chi connectivity index (χ1) is 7.74. The Morgan fingerprint density at radius 3 is 3.06 bits per heavy atom. The lowest BCUT2D eigenvalue weighted by Gasteiger charge is -2.27. The van der Waals surface area contributed by atoms with Crippen LogP contribution in [-0.4, -0.2) is 30.9 Å². The lowest BCUT2D eigenvalue weighted by Crippen LogP contribution is -2.34. The molecular formula is C12H14O4. The normalized spacial score (nSPS) is 21.0. The predicted molar refractivity (Wildman–Crippen MR) is 56.9 cm³/mol. The van der Waals surface area contributed by atoms with Gasteiger partial charge >= 0.3 is 5.97 Å². The molecule has 0 saturated heterocycles. The molecule has 2 unspecified atom stereocenters. The van der Waals surface area contributed by atoms with E-state index >= 15 is 0 Å². The number of fused-ring (bicyclic) bond motifs is 1. The van der Waals surface area contributed by atoms with E-state index in [1.54, 1.807) is 0 Å². The number of hydrogen-bond donors (Lipinski definition) is 1. The van der Waals surface area contributed by atoms with E-state index in [0.717, 1.165) is 11.1 Å². The van der Waals surface area contributed by atoms with Crippen molar-refractivity contribution >= 4 is 5.97 Å². The van der Waals surface area contributed by atoms with Gasteiger partial charge in [-0.2, -0.15) is 0 Å². The van der Waals surface area contributed by atoms with Gasteiger partial charge in [0.2, 0.25) is 0 Å². The van der Waals surface area contributed by atoms with Crippen LogP contribution in [0.25, 0.3) is 0 Å². The summed E-state index contributed by atoms with van der Waals surface area (Å²) in [5, 5.41) is 9.83. The molecule has 86 valence electrons. The van der Waals surface area contributed by atoms with Gasteiger partial charge in [0, 0.05) is 5.92 Å². The van der Waals surface area contributed by atoms with E-state index in [0.29, 0.717) is 13.2 Å². The number of benzene rings is 1. The van der Waals surface area contributed by atoms with Crippen molar-refractivity contribution in [1.82, 2.24) is 0 Å². The van der Waals surface area contributed by atoms with Gasteiger partial charge in [0.25, 0.3) is 0 Å². The highest BCUT2D eigenvalue weighted by Gasteiger charge is 2.32. The molecule has 1 aliphatic rings. The number of aliphatic hydroxyl groups is 1. The molecule has 4 heteroatoms. The number of carbonyl (C=O) groups excluding carboxylic acids is 1. The van der Waals surface area contributed by atoms with E-state index in [2.05, 4.69) is 4.74 Å². The monoisotopic (exact) mass is 222 g/mol. The molecule has 0 aromatic heterocycles. The van der Waals surface area contributed by atoms with Gasteiger partial charge in [-0.05, 0) is 11.1 Å². The first-order valence-corrected chi connectivity index (χ1v) is 5.15. The summed E-state index contributed by atoms with van der Waals surface area (Å²) in [5.74, 6) is -0.956. The zero-order chi connectivity index (χ0) is 11.5. The smallest absolute Gasteiger partial charge is 0.335 e. The zero-order valence-electron chi connectivity index (χ0n) is 9.05. The third-order valence-corrected chi connectivity index (χ3v) is 2.83. The lowest BCUT2D eigenvalue weighted by molar-refractivity contribution is -0.153. The fraction of sp³-hybridized carbons (Fsp3) is 0.417. The van der Waals surface area contributed by atoms with Crippen LogP contribution in [0.1, 0.15) is 17.0 Å². The van der Waals surface area contributed by atoms with Crippen LogP contribution in [0.4, 0.5) is 0 Å². The summed E-state index contributed by atoms with van der Waals surface area (Å²) in [6.07, 6.45) is -1.16. The topological polar surface area (TPSA) is 55.8 Å². The second kappa shape index (κ2) is 4.63. The number of rotatable bonds is 2. The van der Waals surface area contributed by atoms with Crippen LogP contribution >= 0.6 is 0 Å². The van der Waals surface area contributed by atoms with Crippen LogP contribution in [0.3, 0.4) is 0 Å². The molecule has 0 bridgehead atoms. The molecule has 0 spiro atoms. The van der Waals surface area contributed by atoms with Crippen molar-refractivity contribution in [2.24, 2.45) is 0 Å². The minimum Gasteiger partial charge on any atom is -0.467 e. The van der Waals surface area contributed by atoms with E-state index in [9.17, 15) is 9.90 Å². The molecule has 1 aromatic rings. The number of ether oxygens (including phenoxy) is 2. The number of esters is 1. The minimum absolute atomic E-state index is 0.336. The molecule has 4 nitrogen and oxygen atoms in total. The first-order valence-electron chi connectivity index (χ1n) is 5.15. The summed E-state index contributed by atoms with van der Waals surface area (Å²) in [6.45, 7) is 0.869. The standard InChI is InChI=1S/C12H14O4/c1-15-12(14)11(13)10-7-16-6-8-4-2-3-5-9(8)10/h2-5,10-11,13H,6-7H2,1H3. The van der Waals surface area contributed by atoms with E-state index < -0.39 is 12.1 Å². The Balaban J connectivity index is 2.28. The maximum Gasteiger partial charge on any atom is 0.335 e. The minimum atomic E-state index is -1.16. The average Bonchev–Trinajstić information content (AvgIpc) is 2.36. The van der Waals surface area contributed by atoms with Crippen LogP contribution in [0, 0.1) is 0 Å². The molecule has 0 fully saturated rings. The number of hydrogen-bond acceptors (Lipinski definition) is 4. The van der Waals surface area contributed by atoms with Crippen LogP contribution in [-0.2, 0) is 20.9 Å². The molecule has 1 heterocycles. The highest BCUT2D eigenvalue weighted by molar-refractivity contribution is 5.75. The Morgan fingerprint density at radius 2 is 2.31 bits per heavy atom. The summed E-state index contributed by atoms with van der Waals surface area (Å²) in [6, 6.07) is 7.65. The third-order valence-electron chi connectivity index (χ3n) is 2.83. The van der Waals surface area contributed by atoms with E-state index in [-0.39, 0.29) is 5.92 Å². The van der Waals surface area contributed by atoms with E-state index in [1.807, 2.05) is 24.3 Å². The summed E-state index contributed by atoms with van der Waals surface area (Å²) >= 11 is 0. The van der Waals surface area contributed by atoms with Gasteiger partial charge in [-0.25, -0.2) is 4.79 Å². The van der Waals surface area contributed by atoms with Gasteiger partial charge in [-0.15, -0.1) is 0 Å². The molecule has 1 aliphatic heterocycles. The lowest BCUT2D eigenvalue weighted by atomic mass is 9.89. The Bertz CT molecular complexity index is 388. The molecular weight excluding hydrogens is 208 g/mol. The molecule has 1 aromatic carbocycles. The zero-order valence-corrected chi connectivity index (χ0v) is 9.05. The summed E-state index contributed by atoms with van der Waals surface area (Å²) in [7, 11) is 1.27. The highest BCUT2D eigenvalue weighted by Crippen LogP contribution is 2.29. The van der Waals surface area contributed by atoms with Gasteiger partial charge in [0.05, 0.1) is 20.3 Å². The fourth-order valence-corrected chi connectivity index (χ4v) is 1.96. The van der Waals surface area contributed by atoms with Crippen LogP contribution in [0.15, 0.2) is 24.3 Å². The van der Waals surface area contributed by atoms with Gasteiger partial charge in [-0.1, -0.05) is 24.3 Å². The molecule has 2 rings (SSSR count). The van der Waals surface area contributed by atoms with E-state index in [4.69, 9.17) is 4.74 Å². The van der Waals surface area contributed by atoms with Crippen molar-refractivity contribution in [3.8, 4) is 0 Å². The SMILES string of the molecule is COC(=O)C(O)C1COCc2ccccc21. The fourth-order valence-electron chi connectivity index (χ4n) is 1.96.